The number of hydrogen-bond donors (Lipinski definition) is 0. The zero-order chi connectivity index (χ0) is 10.3. The lowest BCUT2D eigenvalue weighted by atomic mass is 10.5. The number of carbonyl (C=O) groups is 1. The molecule has 4 nitrogen and oxygen atoms in total. The van der Waals surface area contributed by atoms with Gasteiger partial charge in [-0.25, -0.2) is 0 Å². The highest BCUT2D eigenvalue weighted by molar-refractivity contribution is 6.29. The maximum Gasteiger partial charge on any atom is 0.323 e. The van der Waals surface area contributed by atoms with Crippen LogP contribution in [-0.2, 0) is 14.4 Å². The van der Waals surface area contributed by atoms with Gasteiger partial charge in [-0.3, -0.25) is 4.79 Å². The first kappa shape index (κ1) is 12.2. The molecule has 0 aromatic rings. The lowest BCUT2D eigenvalue weighted by Gasteiger charge is -2.04. The Labute approximate surface area is 82.8 Å². The SMILES string of the molecule is CC(C)=NOCCOC(=O)C(C)Cl. The van der Waals surface area contributed by atoms with Crippen LogP contribution in [0.4, 0.5) is 0 Å². The Morgan fingerprint density at radius 3 is 2.54 bits per heavy atom. The van der Waals surface area contributed by atoms with Crippen molar-refractivity contribution in [3.63, 3.8) is 0 Å². The van der Waals surface area contributed by atoms with E-state index in [1.165, 1.54) is 0 Å². The summed E-state index contributed by atoms with van der Waals surface area (Å²) in [6, 6.07) is 0. The van der Waals surface area contributed by atoms with Crippen LogP contribution in [0, 0.1) is 0 Å². The molecule has 0 saturated heterocycles. The highest BCUT2D eigenvalue weighted by Crippen LogP contribution is 1.96. The first-order valence-corrected chi connectivity index (χ1v) is 4.41. The maximum absolute atomic E-state index is 10.8. The van der Waals surface area contributed by atoms with Gasteiger partial charge in [0.15, 0.2) is 6.61 Å². The van der Waals surface area contributed by atoms with Crippen molar-refractivity contribution in [1.82, 2.24) is 0 Å². The first-order valence-electron chi connectivity index (χ1n) is 3.98. The van der Waals surface area contributed by atoms with Gasteiger partial charge in [0.2, 0.25) is 0 Å². The summed E-state index contributed by atoms with van der Waals surface area (Å²) >= 11 is 5.45. The number of rotatable bonds is 5. The van der Waals surface area contributed by atoms with Gasteiger partial charge in [0.25, 0.3) is 0 Å². The highest BCUT2D eigenvalue weighted by atomic mass is 35.5. The maximum atomic E-state index is 10.8. The molecule has 5 heteroatoms. The van der Waals surface area contributed by atoms with E-state index >= 15 is 0 Å². The number of alkyl halides is 1. The minimum absolute atomic E-state index is 0.173. The second kappa shape index (κ2) is 6.71. The van der Waals surface area contributed by atoms with E-state index in [0.29, 0.717) is 0 Å². The van der Waals surface area contributed by atoms with Gasteiger partial charge in [0, 0.05) is 0 Å². The molecule has 1 unspecified atom stereocenters. The van der Waals surface area contributed by atoms with Crippen LogP contribution in [0.2, 0.25) is 0 Å². The fourth-order valence-corrected chi connectivity index (χ4v) is 0.532. The molecular weight excluding hydrogens is 194 g/mol. The number of nitrogens with zero attached hydrogens (tertiary/aromatic N) is 1. The third kappa shape index (κ3) is 7.59. The van der Waals surface area contributed by atoms with Crippen LogP contribution >= 0.6 is 11.6 Å². The van der Waals surface area contributed by atoms with Crippen molar-refractivity contribution in [2.24, 2.45) is 5.16 Å². The molecule has 0 aliphatic carbocycles. The second-order valence-electron chi connectivity index (χ2n) is 2.66. The third-order valence-corrected chi connectivity index (χ3v) is 1.17. The van der Waals surface area contributed by atoms with E-state index in [-0.39, 0.29) is 13.2 Å². The molecule has 0 saturated carbocycles. The molecule has 0 spiro atoms. The lowest BCUT2D eigenvalue weighted by molar-refractivity contribution is -0.144. The summed E-state index contributed by atoms with van der Waals surface area (Å²) in [4.78, 5) is 15.6. The van der Waals surface area contributed by atoms with E-state index < -0.39 is 11.3 Å². The molecule has 0 amide bonds. The highest BCUT2D eigenvalue weighted by Gasteiger charge is 2.09. The average Bonchev–Trinajstić information content (AvgIpc) is 2.02. The molecular formula is C8H14ClNO3. The van der Waals surface area contributed by atoms with Crippen LogP contribution in [0.5, 0.6) is 0 Å². The van der Waals surface area contributed by atoms with Crippen molar-refractivity contribution < 1.29 is 14.4 Å². The molecule has 0 aliphatic rings. The summed E-state index contributed by atoms with van der Waals surface area (Å²) in [5, 5.41) is 3.04. The molecule has 1 atom stereocenters. The number of carbonyl (C=O) groups excluding carboxylic acids is 1. The van der Waals surface area contributed by atoms with Crippen molar-refractivity contribution in [3.8, 4) is 0 Å². The fraction of sp³-hybridized carbons (Fsp3) is 0.750. The zero-order valence-corrected chi connectivity index (χ0v) is 8.80. The van der Waals surface area contributed by atoms with Crippen molar-refractivity contribution in [2.75, 3.05) is 13.2 Å². The normalized spacial score (nSPS) is 11.7. The summed E-state index contributed by atoms with van der Waals surface area (Å²) in [5.74, 6) is -0.442. The quantitative estimate of drug-likeness (QED) is 0.226. The number of esters is 1. The number of halogens is 1. The Bertz CT molecular complexity index is 188. The minimum Gasteiger partial charge on any atom is -0.461 e. The van der Waals surface area contributed by atoms with Crippen LogP contribution in [-0.4, -0.2) is 30.3 Å². The van der Waals surface area contributed by atoms with Gasteiger partial charge >= 0.3 is 5.97 Å². The molecule has 0 aromatic carbocycles. The molecule has 0 N–H and O–H groups in total. The molecule has 13 heavy (non-hydrogen) atoms. The Morgan fingerprint density at radius 1 is 1.46 bits per heavy atom. The molecule has 0 aromatic heterocycles. The molecule has 0 radical (unpaired) electrons. The Kier molecular flexibility index (Phi) is 6.32. The molecule has 0 aliphatic heterocycles. The van der Waals surface area contributed by atoms with Crippen LogP contribution in [0.15, 0.2) is 5.16 Å². The zero-order valence-electron chi connectivity index (χ0n) is 8.04. The summed E-state index contributed by atoms with van der Waals surface area (Å²) in [5.41, 5.74) is 0.817. The van der Waals surface area contributed by atoms with E-state index in [1.807, 2.05) is 13.8 Å². The van der Waals surface area contributed by atoms with Crippen molar-refractivity contribution in [3.05, 3.63) is 0 Å². The summed E-state index contributed by atoms with van der Waals surface area (Å²) in [6.07, 6.45) is 0. The molecule has 0 heterocycles. The summed E-state index contributed by atoms with van der Waals surface area (Å²) < 4.78 is 4.72. The van der Waals surface area contributed by atoms with E-state index in [2.05, 4.69) is 5.16 Å². The smallest absolute Gasteiger partial charge is 0.323 e. The van der Waals surface area contributed by atoms with Crippen LogP contribution in [0.1, 0.15) is 20.8 Å². The van der Waals surface area contributed by atoms with Crippen LogP contribution in [0.25, 0.3) is 0 Å². The lowest BCUT2D eigenvalue weighted by Crippen LogP contribution is -2.16. The van der Waals surface area contributed by atoms with E-state index in [0.717, 1.165) is 5.71 Å². The molecule has 76 valence electrons. The predicted molar refractivity (Wildman–Crippen MR) is 51.0 cm³/mol. The van der Waals surface area contributed by atoms with E-state index in [1.54, 1.807) is 6.92 Å². The molecule has 0 rings (SSSR count). The number of ether oxygens (including phenoxy) is 1. The first-order chi connectivity index (χ1) is 6.04. The van der Waals surface area contributed by atoms with Gasteiger partial charge in [-0.15, -0.1) is 11.6 Å². The number of hydrogen-bond acceptors (Lipinski definition) is 4. The topological polar surface area (TPSA) is 47.9 Å². The van der Waals surface area contributed by atoms with Crippen molar-refractivity contribution in [2.45, 2.75) is 26.1 Å². The van der Waals surface area contributed by atoms with Gasteiger partial charge in [-0.05, 0) is 20.8 Å². The monoisotopic (exact) mass is 207 g/mol. The van der Waals surface area contributed by atoms with E-state index in [4.69, 9.17) is 21.2 Å². The van der Waals surface area contributed by atoms with Crippen molar-refractivity contribution >= 4 is 23.3 Å². The predicted octanol–water partition coefficient (Wildman–Crippen LogP) is 1.57. The average molecular weight is 208 g/mol. The van der Waals surface area contributed by atoms with Gasteiger partial charge in [-0.1, -0.05) is 5.16 Å². The van der Waals surface area contributed by atoms with Gasteiger partial charge < -0.3 is 9.57 Å². The summed E-state index contributed by atoms with van der Waals surface area (Å²) in [7, 11) is 0. The third-order valence-electron chi connectivity index (χ3n) is 0.991. The van der Waals surface area contributed by atoms with E-state index in [9.17, 15) is 4.79 Å². The van der Waals surface area contributed by atoms with Crippen LogP contribution in [0.3, 0.4) is 0 Å². The minimum atomic E-state index is -0.614. The molecule has 0 fully saturated rings. The van der Waals surface area contributed by atoms with Crippen molar-refractivity contribution in [1.29, 1.82) is 0 Å². The Balaban J connectivity index is 3.36. The van der Waals surface area contributed by atoms with Gasteiger partial charge in [0.1, 0.15) is 12.0 Å². The van der Waals surface area contributed by atoms with Gasteiger partial charge in [-0.2, -0.15) is 0 Å². The summed E-state index contributed by atoms with van der Waals surface area (Å²) in [6.45, 7) is 5.60. The Morgan fingerprint density at radius 2 is 2.08 bits per heavy atom. The fourth-order valence-electron chi connectivity index (χ4n) is 0.469. The number of oxime groups is 1. The molecule has 0 bridgehead atoms. The Hall–Kier alpha value is -0.770. The second-order valence-corrected chi connectivity index (χ2v) is 3.31. The van der Waals surface area contributed by atoms with Crippen LogP contribution < -0.4 is 0 Å². The largest absolute Gasteiger partial charge is 0.461 e. The standard InChI is InChI=1S/C8H14ClNO3/c1-6(2)10-13-5-4-12-8(11)7(3)9/h7H,4-5H2,1-3H3. The van der Waals surface area contributed by atoms with Gasteiger partial charge in [0.05, 0.1) is 5.71 Å².